The Balaban J connectivity index is 4.25. The molecule has 0 aliphatic rings. The molecule has 0 fully saturated rings. The van der Waals surface area contributed by atoms with Crippen molar-refractivity contribution in [3.63, 3.8) is 0 Å². The lowest BCUT2D eigenvalue weighted by molar-refractivity contribution is -0.167. The maximum absolute atomic E-state index is 12.9. The van der Waals surface area contributed by atoms with E-state index < -0.39 is 6.10 Å². The van der Waals surface area contributed by atoms with Gasteiger partial charge >= 0.3 is 17.9 Å². The molecule has 0 aromatic carbocycles. The maximum atomic E-state index is 12.9. The van der Waals surface area contributed by atoms with Crippen LogP contribution in [0.1, 0.15) is 329 Å². The third-order valence-corrected chi connectivity index (χ3v) is 13.8. The first-order valence-electron chi connectivity index (χ1n) is 31.1. The highest BCUT2D eigenvalue weighted by Gasteiger charge is 2.19. The number of hydrogen-bond donors (Lipinski definition) is 0. The van der Waals surface area contributed by atoms with Crippen LogP contribution in [0.15, 0.2) is 48.6 Å². The van der Waals surface area contributed by atoms with E-state index in [1.54, 1.807) is 0 Å². The molecule has 0 aliphatic carbocycles. The zero-order valence-corrected chi connectivity index (χ0v) is 47.5. The number of carbonyl (C=O) groups excluding carboxylic acids is 3. The Hall–Kier alpha value is -2.63. The maximum Gasteiger partial charge on any atom is 0.306 e. The normalized spacial score (nSPS) is 12.3. The quantitative estimate of drug-likeness (QED) is 0.0261. The van der Waals surface area contributed by atoms with Gasteiger partial charge in [0, 0.05) is 19.3 Å². The SMILES string of the molecule is CCC/C=C\C/C=C\CCCCCCCC(=O)OCC(COC(=O)CCCCCCCCCCCCCCC/C=C\C/C=C\CCCCCCC)OC(=O)CCCCCCCCCCCCCCCCC. The van der Waals surface area contributed by atoms with E-state index in [-0.39, 0.29) is 31.1 Å². The van der Waals surface area contributed by atoms with E-state index in [2.05, 4.69) is 69.4 Å². The summed E-state index contributed by atoms with van der Waals surface area (Å²) in [6.07, 6.45) is 74.0. The third-order valence-electron chi connectivity index (χ3n) is 13.8. The van der Waals surface area contributed by atoms with Crippen LogP contribution in [0.2, 0.25) is 0 Å². The van der Waals surface area contributed by atoms with Crippen LogP contribution in [-0.4, -0.2) is 37.2 Å². The summed E-state index contributed by atoms with van der Waals surface area (Å²) in [4.78, 5) is 38.2. The van der Waals surface area contributed by atoms with Crippen LogP contribution in [0.5, 0.6) is 0 Å². The molecule has 0 spiro atoms. The lowest BCUT2D eigenvalue weighted by atomic mass is 10.0. The molecular formula is C65H118O6. The van der Waals surface area contributed by atoms with Crippen molar-refractivity contribution in [2.45, 2.75) is 335 Å². The Morgan fingerprint density at radius 1 is 0.282 bits per heavy atom. The second kappa shape index (κ2) is 59.9. The van der Waals surface area contributed by atoms with Gasteiger partial charge in [0.1, 0.15) is 13.2 Å². The molecule has 0 bridgehead atoms. The van der Waals surface area contributed by atoms with E-state index in [1.165, 1.54) is 199 Å². The molecule has 0 aromatic heterocycles. The number of unbranched alkanes of at least 4 members (excludes halogenated alkanes) is 38. The minimum atomic E-state index is -0.776. The number of ether oxygens (including phenoxy) is 3. The molecule has 0 heterocycles. The molecular weight excluding hydrogens is 877 g/mol. The fourth-order valence-electron chi connectivity index (χ4n) is 9.10. The zero-order valence-electron chi connectivity index (χ0n) is 47.5. The topological polar surface area (TPSA) is 78.9 Å². The summed E-state index contributed by atoms with van der Waals surface area (Å²) in [5.74, 6) is -0.871. The van der Waals surface area contributed by atoms with Crippen molar-refractivity contribution >= 4 is 17.9 Å². The second-order valence-electron chi connectivity index (χ2n) is 21.0. The van der Waals surface area contributed by atoms with Crippen molar-refractivity contribution in [3.05, 3.63) is 48.6 Å². The molecule has 6 nitrogen and oxygen atoms in total. The first-order chi connectivity index (χ1) is 35.0. The molecule has 0 aromatic rings. The van der Waals surface area contributed by atoms with Gasteiger partial charge in [-0.3, -0.25) is 14.4 Å². The van der Waals surface area contributed by atoms with Crippen LogP contribution < -0.4 is 0 Å². The molecule has 414 valence electrons. The molecule has 0 N–H and O–H groups in total. The highest BCUT2D eigenvalue weighted by Crippen LogP contribution is 2.17. The molecule has 71 heavy (non-hydrogen) atoms. The van der Waals surface area contributed by atoms with E-state index in [0.717, 1.165) is 89.9 Å². The highest BCUT2D eigenvalue weighted by molar-refractivity contribution is 5.71. The number of esters is 3. The molecule has 6 heteroatoms. The van der Waals surface area contributed by atoms with Crippen LogP contribution in [-0.2, 0) is 28.6 Å². The minimum Gasteiger partial charge on any atom is -0.462 e. The standard InChI is InChI=1S/C65H118O6/c1-4-7-10-13-16-19-22-25-27-28-29-30-31-32-33-34-35-36-38-40-43-46-49-52-55-58-64(67)70-61-62(60-69-63(66)57-54-51-48-45-42-39-24-21-18-15-12-9-6-3)71-65(68)59-56-53-50-47-44-41-37-26-23-20-17-14-11-8-5-2/h12,15,21-22,24-25,28-29,62H,4-11,13-14,16-20,23,26-27,30-61H2,1-3H3/b15-12-,24-21-,25-22-,29-28-. The monoisotopic (exact) mass is 995 g/mol. The molecule has 1 unspecified atom stereocenters. The lowest BCUT2D eigenvalue weighted by Crippen LogP contribution is -2.30. The van der Waals surface area contributed by atoms with E-state index in [9.17, 15) is 14.4 Å². The summed E-state index contributed by atoms with van der Waals surface area (Å²) in [6.45, 7) is 6.60. The predicted octanol–water partition coefficient (Wildman–Crippen LogP) is 21.0. The molecule has 1 atom stereocenters. The van der Waals surface area contributed by atoms with Crippen LogP contribution in [0.4, 0.5) is 0 Å². The summed E-state index contributed by atoms with van der Waals surface area (Å²) >= 11 is 0. The highest BCUT2D eigenvalue weighted by atomic mass is 16.6. The van der Waals surface area contributed by atoms with Gasteiger partial charge in [0.15, 0.2) is 6.10 Å². The summed E-state index contributed by atoms with van der Waals surface area (Å²) in [6, 6.07) is 0. The van der Waals surface area contributed by atoms with E-state index in [1.807, 2.05) is 0 Å². The third kappa shape index (κ3) is 58.1. The number of rotatable bonds is 57. The number of carbonyl (C=O) groups is 3. The summed E-state index contributed by atoms with van der Waals surface area (Å²) < 4.78 is 16.9. The summed E-state index contributed by atoms with van der Waals surface area (Å²) in [5, 5.41) is 0. The van der Waals surface area contributed by atoms with Gasteiger partial charge in [0.25, 0.3) is 0 Å². The fourth-order valence-corrected chi connectivity index (χ4v) is 9.10. The van der Waals surface area contributed by atoms with Gasteiger partial charge in [-0.25, -0.2) is 0 Å². The summed E-state index contributed by atoms with van der Waals surface area (Å²) in [7, 11) is 0. The van der Waals surface area contributed by atoms with Gasteiger partial charge in [0.2, 0.25) is 0 Å². The lowest BCUT2D eigenvalue weighted by Gasteiger charge is -2.18. The Kier molecular flexibility index (Phi) is 57.7. The van der Waals surface area contributed by atoms with Gasteiger partial charge in [-0.2, -0.15) is 0 Å². The first kappa shape index (κ1) is 68.4. The summed E-state index contributed by atoms with van der Waals surface area (Å²) in [5.41, 5.74) is 0. The van der Waals surface area contributed by atoms with Gasteiger partial charge in [-0.1, -0.05) is 281 Å². The number of allylic oxidation sites excluding steroid dienone is 8. The second-order valence-corrected chi connectivity index (χ2v) is 21.0. The Morgan fingerprint density at radius 2 is 0.535 bits per heavy atom. The predicted molar refractivity (Wildman–Crippen MR) is 307 cm³/mol. The first-order valence-corrected chi connectivity index (χ1v) is 31.1. The Bertz CT molecular complexity index is 1230. The van der Waals surface area contributed by atoms with Crippen molar-refractivity contribution in [1.82, 2.24) is 0 Å². The van der Waals surface area contributed by atoms with Crippen molar-refractivity contribution in [1.29, 1.82) is 0 Å². The van der Waals surface area contributed by atoms with Crippen molar-refractivity contribution in [2.24, 2.45) is 0 Å². The van der Waals surface area contributed by atoms with Crippen molar-refractivity contribution in [3.8, 4) is 0 Å². The van der Waals surface area contributed by atoms with Crippen molar-refractivity contribution in [2.75, 3.05) is 13.2 Å². The molecule has 0 aliphatic heterocycles. The smallest absolute Gasteiger partial charge is 0.306 e. The molecule has 0 saturated heterocycles. The van der Waals surface area contributed by atoms with Gasteiger partial charge in [0.05, 0.1) is 0 Å². The Labute approximate surface area is 441 Å². The van der Waals surface area contributed by atoms with Crippen LogP contribution in [0, 0.1) is 0 Å². The van der Waals surface area contributed by atoms with E-state index >= 15 is 0 Å². The van der Waals surface area contributed by atoms with Crippen LogP contribution in [0.25, 0.3) is 0 Å². The van der Waals surface area contributed by atoms with Crippen molar-refractivity contribution < 1.29 is 28.6 Å². The van der Waals surface area contributed by atoms with Gasteiger partial charge < -0.3 is 14.2 Å². The van der Waals surface area contributed by atoms with E-state index in [0.29, 0.717) is 19.3 Å². The zero-order chi connectivity index (χ0) is 51.4. The molecule has 0 amide bonds. The largest absolute Gasteiger partial charge is 0.462 e. The van der Waals surface area contributed by atoms with E-state index in [4.69, 9.17) is 14.2 Å². The molecule has 0 saturated carbocycles. The molecule has 0 radical (unpaired) electrons. The number of hydrogen-bond acceptors (Lipinski definition) is 6. The Morgan fingerprint density at radius 3 is 0.831 bits per heavy atom. The molecule has 0 rings (SSSR count). The minimum absolute atomic E-state index is 0.0744. The fraction of sp³-hybridized carbons (Fsp3) is 0.831. The van der Waals surface area contributed by atoms with Crippen LogP contribution >= 0.6 is 0 Å². The average Bonchev–Trinajstić information content (AvgIpc) is 3.37. The van der Waals surface area contributed by atoms with Gasteiger partial charge in [-0.15, -0.1) is 0 Å². The average molecular weight is 996 g/mol. The van der Waals surface area contributed by atoms with Crippen LogP contribution in [0.3, 0.4) is 0 Å². The van der Waals surface area contributed by atoms with Gasteiger partial charge in [-0.05, 0) is 77.0 Å².